The molecule has 6 heteroatoms. The monoisotopic (exact) mass is 299 g/mol. The molecule has 1 unspecified atom stereocenters. The molecule has 5 nitrogen and oxygen atoms in total. The molecular weight excluding hydrogens is 274 g/mol. The summed E-state index contributed by atoms with van der Waals surface area (Å²) in [5.74, 6) is 0.439. The molecule has 0 aliphatic carbocycles. The Morgan fingerprint density at radius 2 is 2.00 bits per heavy atom. The third kappa shape index (κ3) is 5.09. The predicted molar refractivity (Wildman–Crippen MR) is 82.3 cm³/mol. The minimum Gasteiger partial charge on any atom is -0.383 e. The van der Waals surface area contributed by atoms with Gasteiger partial charge in [0.15, 0.2) is 5.03 Å². The number of hydrogen-bond donors (Lipinski definition) is 2. The van der Waals surface area contributed by atoms with E-state index in [2.05, 4.69) is 28.9 Å². The summed E-state index contributed by atoms with van der Waals surface area (Å²) in [5.41, 5.74) is 0.554. The molecule has 0 aromatic carbocycles. The van der Waals surface area contributed by atoms with Gasteiger partial charge in [-0.05, 0) is 37.8 Å². The number of pyridine rings is 1. The van der Waals surface area contributed by atoms with E-state index in [1.165, 1.54) is 6.20 Å². The Balaban J connectivity index is 2.91. The first-order chi connectivity index (χ1) is 9.36. The van der Waals surface area contributed by atoms with Crippen molar-refractivity contribution in [2.75, 3.05) is 11.9 Å². The lowest BCUT2D eigenvalue weighted by atomic mass is 10.1. The second-order valence-corrected chi connectivity index (χ2v) is 7.06. The van der Waals surface area contributed by atoms with Gasteiger partial charge in [-0.1, -0.05) is 20.8 Å². The highest BCUT2D eigenvalue weighted by Gasteiger charge is 2.22. The third-order valence-electron chi connectivity index (χ3n) is 2.77. The Kier molecular flexibility index (Phi) is 6.42. The summed E-state index contributed by atoms with van der Waals surface area (Å²) >= 11 is 0. The van der Waals surface area contributed by atoms with Crippen LogP contribution < -0.4 is 10.0 Å². The van der Waals surface area contributed by atoms with Crippen LogP contribution >= 0.6 is 0 Å². The summed E-state index contributed by atoms with van der Waals surface area (Å²) in [6.07, 6.45) is 3.22. The molecule has 1 aromatic heterocycles. The zero-order valence-corrected chi connectivity index (χ0v) is 13.5. The highest BCUT2D eigenvalue weighted by atomic mass is 32.2. The summed E-state index contributed by atoms with van der Waals surface area (Å²) in [6, 6.07) is 3.36. The molecule has 114 valence electrons. The number of hydrogen-bond acceptors (Lipinski definition) is 4. The number of nitrogens with zero attached hydrogens (tertiary/aromatic N) is 1. The Bertz CT molecular complexity index is 515. The first kappa shape index (κ1) is 16.9. The Labute approximate surface area is 122 Å². The van der Waals surface area contributed by atoms with Crippen molar-refractivity contribution < 1.29 is 8.42 Å². The van der Waals surface area contributed by atoms with Crippen LogP contribution in [0.25, 0.3) is 0 Å². The Morgan fingerprint density at radius 3 is 2.60 bits per heavy atom. The van der Waals surface area contributed by atoms with E-state index in [-0.39, 0.29) is 11.1 Å². The third-order valence-corrected chi connectivity index (χ3v) is 4.32. The van der Waals surface area contributed by atoms with Gasteiger partial charge in [-0.25, -0.2) is 18.1 Å². The van der Waals surface area contributed by atoms with Gasteiger partial charge in [0.25, 0.3) is 10.0 Å². The average Bonchev–Trinajstić information content (AvgIpc) is 2.34. The van der Waals surface area contributed by atoms with E-state index in [0.717, 1.165) is 19.4 Å². The van der Waals surface area contributed by atoms with Crippen LogP contribution in [0.15, 0.2) is 23.4 Å². The van der Waals surface area contributed by atoms with Crippen molar-refractivity contribution in [3.05, 3.63) is 18.3 Å². The standard InChI is InChI=1S/C14H25N3O2S/c1-5-8-15-13-7-6-9-16-14(13)20(18,19)17-12(4)10-11(2)3/h6-7,9,11-12,15,17H,5,8,10H2,1-4H3. The van der Waals surface area contributed by atoms with Crippen LogP contribution in [0.1, 0.15) is 40.5 Å². The molecule has 1 aromatic rings. The van der Waals surface area contributed by atoms with Crippen LogP contribution in [0.5, 0.6) is 0 Å². The van der Waals surface area contributed by atoms with Crippen molar-refractivity contribution in [2.45, 2.75) is 51.6 Å². The maximum Gasteiger partial charge on any atom is 0.260 e. The first-order valence-corrected chi connectivity index (χ1v) is 8.56. The largest absolute Gasteiger partial charge is 0.383 e. The van der Waals surface area contributed by atoms with Crippen LogP contribution in [0.3, 0.4) is 0 Å². The summed E-state index contributed by atoms with van der Waals surface area (Å²) in [6.45, 7) is 8.76. The van der Waals surface area contributed by atoms with E-state index >= 15 is 0 Å². The Morgan fingerprint density at radius 1 is 1.30 bits per heavy atom. The predicted octanol–water partition coefficient (Wildman–Crippen LogP) is 2.62. The van der Waals surface area contributed by atoms with Gasteiger partial charge in [-0.15, -0.1) is 0 Å². The van der Waals surface area contributed by atoms with E-state index in [1.807, 2.05) is 13.8 Å². The molecule has 1 atom stereocenters. The van der Waals surface area contributed by atoms with Gasteiger partial charge in [0, 0.05) is 18.8 Å². The smallest absolute Gasteiger partial charge is 0.260 e. The zero-order valence-electron chi connectivity index (χ0n) is 12.7. The number of anilines is 1. The minimum atomic E-state index is -3.59. The molecule has 0 aliphatic heterocycles. The number of nitrogens with one attached hydrogen (secondary N) is 2. The quantitative estimate of drug-likeness (QED) is 0.774. The topological polar surface area (TPSA) is 71.1 Å². The highest BCUT2D eigenvalue weighted by molar-refractivity contribution is 7.89. The van der Waals surface area contributed by atoms with Crippen molar-refractivity contribution >= 4 is 15.7 Å². The molecule has 0 aliphatic rings. The van der Waals surface area contributed by atoms with Crippen molar-refractivity contribution in [2.24, 2.45) is 5.92 Å². The number of sulfonamides is 1. The zero-order chi connectivity index (χ0) is 15.2. The van der Waals surface area contributed by atoms with E-state index in [0.29, 0.717) is 11.6 Å². The van der Waals surface area contributed by atoms with Crippen LogP contribution in [0, 0.1) is 5.92 Å². The van der Waals surface area contributed by atoms with E-state index < -0.39 is 10.0 Å². The van der Waals surface area contributed by atoms with Crippen LogP contribution in [0.4, 0.5) is 5.69 Å². The summed E-state index contributed by atoms with van der Waals surface area (Å²) in [7, 11) is -3.59. The molecule has 0 saturated carbocycles. The lowest BCUT2D eigenvalue weighted by Crippen LogP contribution is -2.34. The van der Waals surface area contributed by atoms with Gasteiger partial charge >= 0.3 is 0 Å². The fourth-order valence-electron chi connectivity index (χ4n) is 2.08. The number of rotatable bonds is 8. The van der Waals surface area contributed by atoms with Gasteiger partial charge in [-0.2, -0.15) is 0 Å². The van der Waals surface area contributed by atoms with Gasteiger partial charge in [-0.3, -0.25) is 0 Å². The minimum absolute atomic E-state index is 0.0732. The van der Waals surface area contributed by atoms with Crippen LogP contribution in [0.2, 0.25) is 0 Å². The molecule has 0 fully saturated rings. The highest BCUT2D eigenvalue weighted by Crippen LogP contribution is 2.19. The van der Waals surface area contributed by atoms with Gasteiger partial charge < -0.3 is 5.32 Å². The van der Waals surface area contributed by atoms with E-state index in [9.17, 15) is 8.42 Å². The molecular formula is C14H25N3O2S. The second-order valence-electron chi connectivity index (χ2n) is 5.43. The average molecular weight is 299 g/mol. The summed E-state index contributed by atoms with van der Waals surface area (Å²) < 4.78 is 27.5. The van der Waals surface area contributed by atoms with E-state index in [1.54, 1.807) is 12.1 Å². The van der Waals surface area contributed by atoms with Crippen molar-refractivity contribution in [3.8, 4) is 0 Å². The molecule has 20 heavy (non-hydrogen) atoms. The van der Waals surface area contributed by atoms with E-state index in [4.69, 9.17) is 0 Å². The van der Waals surface area contributed by atoms with Crippen LogP contribution in [-0.4, -0.2) is 26.0 Å². The van der Waals surface area contributed by atoms with Crippen molar-refractivity contribution in [3.63, 3.8) is 0 Å². The van der Waals surface area contributed by atoms with Crippen molar-refractivity contribution in [1.82, 2.24) is 9.71 Å². The Hall–Kier alpha value is -1.14. The molecule has 0 radical (unpaired) electrons. The maximum absolute atomic E-state index is 12.4. The summed E-state index contributed by atoms with van der Waals surface area (Å²) in [5, 5.41) is 3.17. The number of aromatic nitrogens is 1. The second kappa shape index (κ2) is 7.59. The summed E-state index contributed by atoms with van der Waals surface area (Å²) in [4.78, 5) is 4.02. The van der Waals surface area contributed by atoms with Crippen LogP contribution in [-0.2, 0) is 10.0 Å². The molecule has 0 spiro atoms. The molecule has 0 bridgehead atoms. The van der Waals surface area contributed by atoms with Gasteiger partial charge in [0.05, 0.1) is 5.69 Å². The fraction of sp³-hybridized carbons (Fsp3) is 0.643. The molecule has 1 rings (SSSR count). The molecule has 2 N–H and O–H groups in total. The van der Waals surface area contributed by atoms with Crippen molar-refractivity contribution in [1.29, 1.82) is 0 Å². The molecule has 0 saturated heterocycles. The lowest BCUT2D eigenvalue weighted by molar-refractivity contribution is 0.481. The SMILES string of the molecule is CCCNc1cccnc1S(=O)(=O)NC(C)CC(C)C. The lowest BCUT2D eigenvalue weighted by Gasteiger charge is -2.17. The molecule has 1 heterocycles. The fourth-order valence-corrected chi connectivity index (χ4v) is 3.44. The molecule has 0 amide bonds. The normalized spacial score (nSPS) is 13.4. The first-order valence-electron chi connectivity index (χ1n) is 7.08. The van der Waals surface area contributed by atoms with Gasteiger partial charge in [0.1, 0.15) is 0 Å². The van der Waals surface area contributed by atoms with Gasteiger partial charge in [0.2, 0.25) is 0 Å². The maximum atomic E-state index is 12.4.